The molecule has 0 saturated heterocycles. The maximum atomic E-state index is 12.3. The van der Waals surface area contributed by atoms with Crippen molar-refractivity contribution < 1.29 is 9.59 Å². The average molecular weight is 375 g/mol. The van der Waals surface area contributed by atoms with E-state index in [1.54, 1.807) is 12.1 Å². The van der Waals surface area contributed by atoms with Crippen molar-refractivity contribution in [1.29, 1.82) is 0 Å². The van der Waals surface area contributed by atoms with E-state index in [0.717, 1.165) is 6.42 Å². The fourth-order valence-corrected chi connectivity index (χ4v) is 2.94. The number of fused-ring (bicyclic) bond motifs is 1. The quantitative estimate of drug-likeness (QED) is 0.753. The molecule has 0 aromatic heterocycles. The van der Waals surface area contributed by atoms with Gasteiger partial charge in [-0.25, -0.2) is 0 Å². The van der Waals surface area contributed by atoms with Crippen molar-refractivity contribution in [2.24, 2.45) is 5.92 Å². The predicted octanol–water partition coefficient (Wildman–Crippen LogP) is 3.85. The molecule has 0 bridgehead atoms. The highest BCUT2D eigenvalue weighted by atomic mass is 79.9. The Labute approximate surface area is 123 Å². The van der Waals surface area contributed by atoms with Gasteiger partial charge in [0, 0.05) is 15.5 Å². The normalized spacial score (nSPS) is 16.1. The van der Waals surface area contributed by atoms with Gasteiger partial charge < -0.3 is 0 Å². The van der Waals surface area contributed by atoms with E-state index >= 15 is 0 Å². The first kappa shape index (κ1) is 13.7. The first-order valence-electron chi connectivity index (χ1n) is 5.81. The van der Waals surface area contributed by atoms with E-state index < -0.39 is 0 Å². The summed E-state index contributed by atoms with van der Waals surface area (Å²) in [5.74, 6) is -0.100. The SMILES string of the molecule is CCC(C)CN1C(=O)c2c(Br)ccc(Br)c2C1=O. The first-order chi connectivity index (χ1) is 8.47. The maximum absolute atomic E-state index is 12.3. The number of carbonyl (C=O) groups excluding carboxylic acids is 2. The van der Waals surface area contributed by atoms with Crippen LogP contribution in [-0.2, 0) is 0 Å². The lowest BCUT2D eigenvalue weighted by atomic mass is 10.1. The third kappa shape index (κ3) is 2.14. The summed E-state index contributed by atoms with van der Waals surface area (Å²) < 4.78 is 1.34. The fraction of sp³-hybridized carbons (Fsp3) is 0.385. The Morgan fingerprint density at radius 1 is 1.11 bits per heavy atom. The molecule has 96 valence electrons. The summed E-state index contributed by atoms with van der Waals surface area (Å²) in [6.07, 6.45) is 0.940. The second-order valence-corrected chi connectivity index (χ2v) is 6.22. The zero-order valence-electron chi connectivity index (χ0n) is 10.2. The number of carbonyl (C=O) groups is 2. The van der Waals surface area contributed by atoms with Gasteiger partial charge in [-0.3, -0.25) is 14.5 Å². The number of rotatable bonds is 3. The smallest absolute Gasteiger partial charge is 0.262 e. The van der Waals surface area contributed by atoms with Crippen molar-refractivity contribution in [1.82, 2.24) is 4.90 Å². The van der Waals surface area contributed by atoms with E-state index in [9.17, 15) is 9.59 Å². The van der Waals surface area contributed by atoms with Crippen molar-refractivity contribution in [3.8, 4) is 0 Å². The second kappa shape index (κ2) is 5.13. The lowest BCUT2D eigenvalue weighted by molar-refractivity contribution is 0.0631. The van der Waals surface area contributed by atoms with E-state index in [0.29, 0.717) is 32.5 Å². The van der Waals surface area contributed by atoms with Gasteiger partial charge in [0.25, 0.3) is 11.8 Å². The standard InChI is InChI=1S/C13H13Br2NO2/c1-3-7(2)6-16-12(17)10-8(14)4-5-9(15)11(10)13(16)18/h4-5,7H,3,6H2,1-2H3. The third-order valence-corrected chi connectivity index (χ3v) is 4.53. The summed E-state index contributed by atoms with van der Waals surface area (Å²) in [6.45, 7) is 4.56. The molecule has 5 heteroatoms. The molecule has 0 saturated carbocycles. The minimum atomic E-state index is -0.205. The molecule has 1 aliphatic rings. The van der Waals surface area contributed by atoms with Crippen molar-refractivity contribution in [3.05, 3.63) is 32.2 Å². The monoisotopic (exact) mass is 373 g/mol. The predicted molar refractivity (Wildman–Crippen MR) is 76.7 cm³/mol. The Kier molecular flexibility index (Phi) is 3.92. The van der Waals surface area contributed by atoms with Gasteiger partial charge in [-0.15, -0.1) is 0 Å². The van der Waals surface area contributed by atoms with Gasteiger partial charge in [-0.1, -0.05) is 20.3 Å². The van der Waals surface area contributed by atoms with Gasteiger partial charge in [0.1, 0.15) is 0 Å². The van der Waals surface area contributed by atoms with E-state index in [-0.39, 0.29) is 11.8 Å². The number of hydrogen-bond donors (Lipinski definition) is 0. The van der Waals surface area contributed by atoms with Crippen LogP contribution in [0.5, 0.6) is 0 Å². The molecule has 0 radical (unpaired) electrons. The zero-order valence-corrected chi connectivity index (χ0v) is 13.3. The number of imide groups is 1. The third-order valence-electron chi connectivity index (χ3n) is 3.21. The first-order valence-corrected chi connectivity index (χ1v) is 7.40. The van der Waals surface area contributed by atoms with Gasteiger partial charge in [0.2, 0.25) is 0 Å². The summed E-state index contributed by atoms with van der Waals surface area (Å²) in [6, 6.07) is 3.56. The molecule has 1 aliphatic heterocycles. The van der Waals surface area contributed by atoms with Gasteiger partial charge in [-0.05, 0) is 49.9 Å². The lowest BCUT2D eigenvalue weighted by Crippen LogP contribution is -2.33. The molecule has 1 atom stereocenters. The van der Waals surface area contributed by atoms with Crippen LogP contribution in [0.1, 0.15) is 41.0 Å². The van der Waals surface area contributed by atoms with Crippen LogP contribution in [-0.4, -0.2) is 23.3 Å². The molecule has 1 unspecified atom stereocenters. The Morgan fingerprint density at radius 3 is 1.94 bits per heavy atom. The molecule has 0 fully saturated rings. The van der Waals surface area contributed by atoms with Gasteiger partial charge in [0.05, 0.1) is 11.1 Å². The molecule has 0 N–H and O–H groups in total. The van der Waals surface area contributed by atoms with Crippen molar-refractivity contribution in [2.45, 2.75) is 20.3 Å². The summed E-state index contributed by atoms with van der Waals surface area (Å²) in [4.78, 5) is 25.9. The molecule has 1 aromatic rings. The number of benzene rings is 1. The van der Waals surface area contributed by atoms with Crippen LogP contribution in [0.25, 0.3) is 0 Å². The molecular weight excluding hydrogens is 362 g/mol. The molecule has 0 aliphatic carbocycles. The highest BCUT2D eigenvalue weighted by Gasteiger charge is 2.38. The van der Waals surface area contributed by atoms with Crippen molar-refractivity contribution in [3.63, 3.8) is 0 Å². The van der Waals surface area contributed by atoms with E-state index in [4.69, 9.17) is 0 Å². The van der Waals surface area contributed by atoms with Crippen LogP contribution >= 0.6 is 31.9 Å². The molecule has 1 aromatic carbocycles. The summed E-state index contributed by atoms with van der Waals surface area (Å²) in [7, 11) is 0. The van der Waals surface area contributed by atoms with Crippen LogP contribution < -0.4 is 0 Å². The van der Waals surface area contributed by atoms with E-state index in [1.807, 2.05) is 6.92 Å². The molecule has 2 rings (SSSR count). The number of halogens is 2. The average Bonchev–Trinajstić information content (AvgIpc) is 2.59. The molecular formula is C13H13Br2NO2. The van der Waals surface area contributed by atoms with Crippen LogP contribution in [0.15, 0.2) is 21.1 Å². The zero-order chi connectivity index (χ0) is 13.4. The van der Waals surface area contributed by atoms with Gasteiger partial charge in [-0.2, -0.15) is 0 Å². The summed E-state index contributed by atoms with van der Waals surface area (Å²) in [5.41, 5.74) is 0.940. The molecule has 1 heterocycles. The minimum Gasteiger partial charge on any atom is -0.274 e. The number of amides is 2. The van der Waals surface area contributed by atoms with E-state index in [2.05, 4.69) is 38.8 Å². The van der Waals surface area contributed by atoms with Crippen molar-refractivity contribution in [2.75, 3.05) is 6.54 Å². The molecule has 18 heavy (non-hydrogen) atoms. The molecule has 3 nitrogen and oxygen atoms in total. The summed E-state index contributed by atoms with van der Waals surface area (Å²) >= 11 is 6.68. The second-order valence-electron chi connectivity index (χ2n) is 4.51. The Bertz CT molecular complexity index is 487. The van der Waals surface area contributed by atoms with Crippen molar-refractivity contribution >= 4 is 43.7 Å². The molecule has 2 amide bonds. The van der Waals surface area contributed by atoms with Crippen LogP contribution in [0.2, 0.25) is 0 Å². The lowest BCUT2D eigenvalue weighted by Gasteiger charge is -2.17. The van der Waals surface area contributed by atoms with Crippen LogP contribution in [0.3, 0.4) is 0 Å². The van der Waals surface area contributed by atoms with Crippen LogP contribution in [0.4, 0.5) is 0 Å². The Hall–Kier alpha value is -0.680. The summed E-state index contributed by atoms with van der Waals surface area (Å²) in [5, 5.41) is 0. The maximum Gasteiger partial charge on any atom is 0.262 e. The van der Waals surface area contributed by atoms with Crippen LogP contribution in [0, 0.1) is 5.92 Å². The van der Waals surface area contributed by atoms with Gasteiger partial charge >= 0.3 is 0 Å². The highest BCUT2D eigenvalue weighted by Crippen LogP contribution is 2.35. The van der Waals surface area contributed by atoms with E-state index in [1.165, 1.54) is 4.90 Å². The number of hydrogen-bond acceptors (Lipinski definition) is 2. The number of nitrogens with zero attached hydrogens (tertiary/aromatic N) is 1. The minimum absolute atomic E-state index is 0.205. The Balaban J connectivity index is 2.44. The Morgan fingerprint density at radius 2 is 1.56 bits per heavy atom. The van der Waals surface area contributed by atoms with Gasteiger partial charge in [0.15, 0.2) is 0 Å². The fourth-order valence-electron chi connectivity index (χ4n) is 1.94. The highest BCUT2D eigenvalue weighted by molar-refractivity contribution is 9.11. The topological polar surface area (TPSA) is 37.4 Å². The molecule has 0 spiro atoms. The largest absolute Gasteiger partial charge is 0.274 e.